The molecule has 9 heteroatoms. The molecular formula is C18H15ClF3N3O2. The van der Waals surface area contributed by atoms with Gasteiger partial charge in [-0.3, -0.25) is 9.20 Å². The molecule has 0 fully saturated rings. The average molecular weight is 398 g/mol. The average Bonchev–Trinajstić information content (AvgIpc) is 3.01. The smallest absolute Gasteiger partial charge is 0.418 e. The van der Waals surface area contributed by atoms with E-state index < -0.39 is 17.6 Å². The molecule has 1 N–H and O–H groups in total. The van der Waals surface area contributed by atoms with Crippen molar-refractivity contribution in [2.45, 2.75) is 19.5 Å². The molecule has 0 radical (unpaired) electrons. The largest absolute Gasteiger partial charge is 0.493 e. The second-order valence-electron chi connectivity index (χ2n) is 5.67. The van der Waals surface area contributed by atoms with Crippen LogP contribution in [-0.2, 0) is 12.6 Å². The quantitative estimate of drug-likeness (QED) is 0.686. The van der Waals surface area contributed by atoms with Crippen LogP contribution in [-0.4, -0.2) is 22.4 Å². The fourth-order valence-corrected chi connectivity index (χ4v) is 2.95. The Balaban J connectivity index is 2.08. The van der Waals surface area contributed by atoms with Gasteiger partial charge < -0.3 is 10.1 Å². The van der Waals surface area contributed by atoms with Crippen molar-refractivity contribution in [3.63, 3.8) is 0 Å². The molecule has 0 aliphatic heterocycles. The molecule has 0 saturated heterocycles. The summed E-state index contributed by atoms with van der Waals surface area (Å²) in [6, 6.07) is 6.52. The van der Waals surface area contributed by atoms with Crippen molar-refractivity contribution in [3.8, 4) is 5.75 Å². The predicted molar refractivity (Wildman–Crippen MR) is 95.5 cm³/mol. The Hall–Kier alpha value is -2.74. The molecule has 1 amide bonds. The number of imidazole rings is 1. The molecule has 0 bridgehead atoms. The number of aromatic nitrogens is 2. The van der Waals surface area contributed by atoms with Crippen molar-refractivity contribution < 1.29 is 22.7 Å². The van der Waals surface area contributed by atoms with Gasteiger partial charge in [-0.1, -0.05) is 18.5 Å². The van der Waals surface area contributed by atoms with Gasteiger partial charge in [0.05, 0.1) is 24.1 Å². The number of hydrogen-bond donors (Lipinski definition) is 1. The van der Waals surface area contributed by atoms with Gasteiger partial charge in [-0.25, -0.2) is 4.98 Å². The zero-order chi connectivity index (χ0) is 19.8. The van der Waals surface area contributed by atoms with Gasteiger partial charge in [0.15, 0.2) is 11.4 Å². The Labute approximate surface area is 157 Å². The van der Waals surface area contributed by atoms with Crippen LogP contribution in [0.15, 0.2) is 36.5 Å². The molecule has 1 aromatic carbocycles. The van der Waals surface area contributed by atoms with Crippen molar-refractivity contribution in [3.05, 3.63) is 58.5 Å². The summed E-state index contributed by atoms with van der Waals surface area (Å²) >= 11 is 5.68. The minimum atomic E-state index is -4.66. The van der Waals surface area contributed by atoms with E-state index in [4.69, 9.17) is 16.3 Å². The number of alkyl halides is 3. The maximum Gasteiger partial charge on any atom is 0.418 e. The number of fused-ring (bicyclic) bond motifs is 1. The van der Waals surface area contributed by atoms with E-state index in [1.54, 1.807) is 25.3 Å². The summed E-state index contributed by atoms with van der Waals surface area (Å²) in [7, 11) is 1.47. The van der Waals surface area contributed by atoms with E-state index in [0.717, 1.165) is 12.1 Å². The summed E-state index contributed by atoms with van der Waals surface area (Å²) in [5.74, 6) is -0.255. The highest BCUT2D eigenvalue weighted by molar-refractivity contribution is 6.30. The van der Waals surface area contributed by atoms with E-state index in [1.807, 2.05) is 0 Å². The fraction of sp³-hybridized carbons (Fsp3) is 0.222. The number of pyridine rings is 1. The molecule has 0 aliphatic rings. The topological polar surface area (TPSA) is 55.6 Å². The van der Waals surface area contributed by atoms with E-state index in [2.05, 4.69) is 10.3 Å². The lowest BCUT2D eigenvalue weighted by Gasteiger charge is -2.14. The number of carbonyl (C=O) groups is 1. The number of methoxy groups -OCH3 is 1. The van der Waals surface area contributed by atoms with Crippen molar-refractivity contribution in [1.29, 1.82) is 0 Å². The minimum absolute atomic E-state index is 0.0749. The first-order chi connectivity index (χ1) is 12.8. The number of aryl methyl sites for hydroxylation is 1. The lowest BCUT2D eigenvalue weighted by molar-refractivity contribution is -0.136. The molecule has 0 spiro atoms. The lowest BCUT2D eigenvalue weighted by Crippen LogP contribution is -2.19. The third-order valence-corrected chi connectivity index (χ3v) is 4.23. The second-order valence-corrected chi connectivity index (χ2v) is 6.11. The third-order valence-electron chi connectivity index (χ3n) is 3.99. The molecule has 142 valence electrons. The van der Waals surface area contributed by atoms with Gasteiger partial charge in [0.25, 0.3) is 5.91 Å². The first-order valence-corrected chi connectivity index (χ1v) is 8.36. The summed E-state index contributed by atoms with van der Waals surface area (Å²) in [4.78, 5) is 17.2. The number of anilines is 1. The van der Waals surface area contributed by atoms with E-state index >= 15 is 0 Å². The number of benzene rings is 1. The number of rotatable bonds is 4. The molecule has 2 heterocycles. The van der Waals surface area contributed by atoms with Crippen LogP contribution in [0, 0.1) is 0 Å². The molecule has 0 aliphatic carbocycles. The maximum atomic E-state index is 13.3. The van der Waals surface area contributed by atoms with Gasteiger partial charge in [0, 0.05) is 11.2 Å². The Morgan fingerprint density at radius 1 is 1.33 bits per heavy atom. The summed E-state index contributed by atoms with van der Waals surface area (Å²) in [5.41, 5.74) is -0.396. The number of amides is 1. The zero-order valence-electron chi connectivity index (χ0n) is 14.4. The lowest BCUT2D eigenvalue weighted by atomic mass is 10.1. The summed E-state index contributed by atoms with van der Waals surface area (Å²) in [5, 5.41) is 2.26. The van der Waals surface area contributed by atoms with Crippen molar-refractivity contribution in [2.75, 3.05) is 12.4 Å². The molecule has 0 saturated carbocycles. The van der Waals surface area contributed by atoms with Gasteiger partial charge in [-0.15, -0.1) is 0 Å². The summed E-state index contributed by atoms with van der Waals surface area (Å²) in [6.07, 6.45) is -2.64. The zero-order valence-corrected chi connectivity index (χ0v) is 15.1. The number of ether oxygens (including phenoxy) is 1. The molecule has 3 aromatic rings. The van der Waals surface area contributed by atoms with Crippen LogP contribution in [0.4, 0.5) is 18.9 Å². The van der Waals surface area contributed by atoms with Crippen molar-refractivity contribution in [2.24, 2.45) is 0 Å². The number of hydrogen-bond acceptors (Lipinski definition) is 3. The highest BCUT2D eigenvalue weighted by Crippen LogP contribution is 2.36. The van der Waals surface area contributed by atoms with E-state index in [1.165, 1.54) is 17.6 Å². The predicted octanol–water partition coefficient (Wildman–Crippen LogP) is 4.83. The number of nitrogens with zero attached hydrogens (tertiary/aromatic N) is 2. The molecule has 27 heavy (non-hydrogen) atoms. The van der Waals surface area contributed by atoms with Crippen LogP contribution in [0.2, 0.25) is 5.02 Å². The summed E-state index contributed by atoms with van der Waals surface area (Å²) in [6.45, 7) is 1.80. The van der Waals surface area contributed by atoms with Gasteiger partial charge >= 0.3 is 6.18 Å². The SMILES string of the molecule is CCc1nc2c(OC)cccn2c1C(=O)Nc1ccc(Cl)cc1C(F)(F)F. The molecule has 3 rings (SSSR count). The Kier molecular flexibility index (Phi) is 5.01. The van der Waals surface area contributed by atoms with Gasteiger partial charge in [0.1, 0.15) is 5.69 Å². The molecule has 5 nitrogen and oxygen atoms in total. The molecular weight excluding hydrogens is 383 g/mol. The Morgan fingerprint density at radius 2 is 2.07 bits per heavy atom. The minimum Gasteiger partial charge on any atom is -0.493 e. The van der Waals surface area contributed by atoms with Crippen molar-refractivity contribution >= 4 is 28.8 Å². The fourth-order valence-electron chi connectivity index (χ4n) is 2.78. The van der Waals surface area contributed by atoms with Crippen LogP contribution in [0.25, 0.3) is 5.65 Å². The highest BCUT2D eigenvalue weighted by Gasteiger charge is 2.34. The normalized spacial score (nSPS) is 11.6. The van der Waals surface area contributed by atoms with E-state index in [-0.39, 0.29) is 16.4 Å². The first-order valence-electron chi connectivity index (χ1n) is 7.98. The van der Waals surface area contributed by atoms with Gasteiger partial charge in [0.2, 0.25) is 0 Å². The van der Waals surface area contributed by atoms with Crippen LogP contribution >= 0.6 is 11.6 Å². The maximum absolute atomic E-state index is 13.3. The number of nitrogens with one attached hydrogen (secondary N) is 1. The molecule has 0 unspecified atom stereocenters. The van der Waals surface area contributed by atoms with Gasteiger partial charge in [-0.2, -0.15) is 13.2 Å². The molecule has 2 aromatic heterocycles. The van der Waals surface area contributed by atoms with Crippen LogP contribution in [0.3, 0.4) is 0 Å². The number of halogens is 4. The van der Waals surface area contributed by atoms with Crippen LogP contribution in [0.5, 0.6) is 5.75 Å². The van der Waals surface area contributed by atoms with E-state index in [0.29, 0.717) is 23.5 Å². The van der Waals surface area contributed by atoms with Crippen LogP contribution < -0.4 is 10.1 Å². The van der Waals surface area contributed by atoms with E-state index in [9.17, 15) is 18.0 Å². The highest BCUT2D eigenvalue weighted by atomic mass is 35.5. The second kappa shape index (κ2) is 7.11. The monoisotopic (exact) mass is 397 g/mol. The first kappa shape index (κ1) is 19.0. The Morgan fingerprint density at radius 3 is 2.70 bits per heavy atom. The molecule has 0 atom stereocenters. The van der Waals surface area contributed by atoms with Crippen molar-refractivity contribution in [1.82, 2.24) is 9.38 Å². The third kappa shape index (κ3) is 3.57. The summed E-state index contributed by atoms with van der Waals surface area (Å²) < 4.78 is 46.6. The number of carbonyl (C=O) groups excluding carboxylic acids is 1. The Bertz CT molecular complexity index is 1010. The van der Waals surface area contributed by atoms with Crippen LogP contribution in [0.1, 0.15) is 28.7 Å². The van der Waals surface area contributed by atoms with Gasteiger partial charge in [-0.05, 0) is 36.8 Å². The standard InChI is InChI=1S/C18H15ClF3N3O2/c1-3-12-15(25-8-4-5-14(27-2)16(25)23-12)17(26)24-13-7-6-10(19)9-11(13)18(20,21)22/h4-9H,3H2,1-2H3,(H,24,26).